The van der Waals surface area contributed by atoms with Crippen molar-refractivity contribution in [3.63, 3.8) is 0 Å². The summed E-state index contributed by atoms with van der Waals surface area (Å²) >= 11 is 1.30. The molecule has 0 aliphatic heterocycles. The van der Waals surface area contributed by atoms with Gasteiger partial charge in [-0.05, 0) is 0 Å². The van der Waals surface area contributed by atoms with E-state index in [2.05, 4.69) is 35.4 Å². The maximum atomic E-state index is 3.34. The van der Waals surface area contributed by atoms with E-state index in [1.165, 1.54) is 29.8 Å². The van der Waals surface area contributed by atoms with Crippen LogP contribution in [-0.4, -0.2) is 4.21 Å². The molecule has 0 aromatic rings. The molecule has 2 aliphatic rings. The summed E-state index contributed by atoms with van der Waals surface area (Å²) in [5, 5.41) is 0. The van der Waals surface area contributed by atoms with Gasteiger partial charge in [-0.25, -0.2) is 23.8 Å². The van der Waals surface area contributed by atoms with Gasteiger partial charge in [0, 0.05) is 0 Å². The quantitative estimate of drug-likeness (QED) is 0.417. The molecule has 15 heavy (non-hydrogen) atoms. The van der Waals surface area contributed by atoms with Crippen LogP contribution in [0.4, 0.5) is 0 Å². The molecule has 82 valence electrons. The summed E-state index contributed by atoms with van der Waals surface area (Å²) in [4.78, 5) is 0. The first-order valence-electron chi connectivity index (χ1n) is 4.20. The maximum Gasteiger partial charge on any atom is -1.00 e. The molecule has 0 nitrogen and oxygen atoms in total. The SMILES string of the molecule is CC1=CC[C-]=C1.[C-]1=CC=CC1.[CH2]=[Zr+2].[Cl-].[Cl-]. The Morgan fingerprint density at radius 3 is 2.00 bits per heavy atom. The van der Waals surface area contributed by atoms with Crippen LogP contribution in [-0.2, 0) is 24.2 Å². The van der Waals surface area contributed by atoms with Gasteiger partial charge in [-0.3, -0.25) is 12.2 Å². The minimum atomic E-state index is 0. The molecular weight excluding hydrogens is 306 g/mol. The Labute approximate surface area is 120 Å². The fraction of sp³-hybridized carbons (Fsp3) is 0.250. The van der Waals surface area contributed by atoms with E-state index in [0.717, 1.165) is 12.8 Å². The molecule has 0 radical (unpaired) electrons. The van der Waals surface area contributed by atoms with E-state index < -0.39 is 0 Å². The summed E-state index contributed by atoms with van der Waals surface area (Å²) in [5.41, 5.74) is 1.34. The smallest absolute Gasteiger partial charge is 1.00 e. The van der Waals surface area contributed by atoms with Crippen molar-refractivity contribution in [3.8, 4) is 0 Å². The van der Waals surface area contributed by atoms with Crippen LogP contribution in [0.2, 0.25) is 0 Å². The average molecular weight is 320 g/mol. The summed E-state index contributed by atoms with van der Waals surface area (Å²) in [7, 11) is 0. The molecule has 0 unspecified atom stereocenters. The zero-order valence-electron chi connectivity index (χ0n) is 8.76. The van der Waals surface area contributed by atoms with Gasteiger partial charge >= 0.3 is 28.4 Å². The van der Waals surface area contributed by atoms with Crippen molar-refractivity contribution < 1.29 is 49.0 Å². The van der Waals surface area contributed by atoms with Crippen LogP contribution in [0.25, 0.3) is 0 Å². The normalized spacial score (nSPS) is 13.7. The van der Waals surface area contributed by atoms with Gasteiger partial charge in [-0.2, -0.15) is 12.2 Å². The van der Waals surface area contributed by atoms with Gasteiger partial charge in [0.1, 0.15) is 0 Å². The van der Waals surface area contributed by atoms with Crippen LogP contribution >= 0.6 is 0 Å². The minimum absolute atomic E-state index is 0. The number of halogens is 2. The number of rotatable bonds is 0. The van der Waals surface area contributed by atoms with Gasteiger partial charge in [0.05, 0.1) is 0 Å². The zero-order valence-corrected chi connectivity index (χ0v) is 12.7. The van der Waals surface area contributed by atoms with Crippen molar-refractivity contribution in [1.82, 2.24) is 0 Å². The van der Waals surface area contributed by atoms with E-state index >= 15 is 0 Å². The molecule has 0 N–H and O–H groups in total. The summed E-state index contributed by atoms with van der Waals surface area (Å²) in [6, 6.07) is 0. The van der Waals surface area contributed by atoms with E-state index in [1.54, 1.807) is 0 Å². The van der Waals surface area contributed by atoms with Crippen molar-refractivity contribution in [2.45, 2.75) is 19.8 Å². The predicted octanol–water partition coefficient (Wildman–Crippen LogP) is -3.03. The number of hydrogen-bond donors (Lipinski definition) is 0. The van der Waals surface area contributed by atoms with Crippen molar-refractivity contribution in [2.75, 3.05) is 0 Å². The fourth-order valence-corrected chi connectivity index (χ4v) is 0.839. The molecule has 0 amide bonds. The van der Waals surface area contributed by atoms with E-state index in [-0.39, 0.29) is 24.8 Å². The van der Waals surface area contributed by atoms with Crippen LogP contribution in [0, 0.1) is 12.2 Å². The van der Waals surface area contributed by atoms with Crippen LogP contribution in [0.3, 0.4) is 0 Å². The van der Waals surface area contributed by atoms with Gasteiger partial charge in [-0.15, -0.1) is 19.8 Å². The van der Waals surface area contributed by atoms with Gasteiger partial charge < -0.3 is 24.8 Å². The predicted molar refractivity (Wildman–Crippen MR) is 54.9 cm³/mol. The molecule has 0 fully saturated rings. The molecule has 2 rings (SSSR count). The molecule has 2 aliphatic carbocycles. The summed E-state index contributed by atoms with van der Waals surface area (Å²) in [5.74, 6) is 0. The second-order valence-corrected chi connectivity index (χ2v) is 2.50. The third-order valence-corrected chi connectivity index (χ3v) is 1.46. The van der Waals surface area contributed by atoms with E-state index in [9.17, 15) is 0 Å². The van der Waals surface area contributed by atoms with Crippen LogP contribution in [0.5, 0.6) is 0 Å². The summed E-state index contributed by atoms with van der Waals surface area (Å²) in [6.45, 7) is 2.08. The van der Waals surface area contributed by atoms with Gasteiger partial charge in [0.2, 0.25) is 0 Å². The Balaban J connectivity index is -0.000000149. The monoisotopic (exact) mass is 318 g/mol. The van der Waals surface area contributed by atoms with Crippen LogP contribution < -0.4 is 24.8 Å². The molecule has 0 heterocycles. The minimum Gasteiger partial charge on any atom is -1.00 e. The standard InChI is InChI=1S/C6H7.C5H5.CH2.2ClH.Zr/c1-6-4-2-3-5-6;1-2-4-5-3-1;;;;/h4-5H,2H2,1H3;1-3H,4H2;1H2;2*1H;/q2*-1;;;;+2/p-2. The molecule has 0 spiro atoms. The van der Waals surface area contributed by atoms with Crippen LogP contribution in [0.15, 0.2) is 36.0 Å². The molecule has 0 bridgehead atoms. The molecule has 0 saturated heterocycles. The third kappa shape index (κ3) is 14.3. The Kier molecular flexibility index (Phi) is 23.0. The Hall–Kier alpha value is 0.293. The third-order valence-electron chi connectivity index (χ3n) is 1.46. The van der Waals surface area contributed by atoms with E-state index in [4.69, 9.17) is 0 Å². The van der Waals surface area contributed by atoms with Crippen molar-refractivity contribution >= 4 is 4.21 Å². The zero-order chi connectivity index (χ0) is 9.94. The van der Waals surface area contributed by atoms with Crippen molar-refractivity contribution in [1.29, 1.82) is 0 Å². The maximum absolute atomic E-state index is 3.34. The van der Waals surface area contributed by atoms with Gasteiger partial charge in [0.25, 0.3) is 0 Å². The van der Waals surface area contributed by atoms with E-state index in [1.807, 2.05) is 18.2 Å². The Morgan fingerprint density at radius 2 is 1.87 bits per heavy atom. The van der Waals surface area contributed by atoms with Gasteiger partial charge in [0.15, 0.2) is 0 Å². The van der Waals surface area contributed by atoms with Crippen molar-refractivity contribution in [3.05, 3.63) is 48.1 Å². The topological polar surface area (TPSA) is 0 Å². The average Bonchev–Trinajstić information content (AvgIpc) is 2.81. The van der Waals surface area contributed by atoms with E-state index in [0.29, 0.717) is 0 Å². The summed E-state index contributed by atoms with van der Waals surface area (Å²) in [6.07, 6.45) is 18.2. The fourth-order valence-electron chi connectivity index (χ4n) is 0.839. The molecular formula is C12H14Cl2Zr-2. The number of hydrogen-bond acceptors (Lipinski definition) is 0. The Morgan fingerprint density at radius 1 is 1.20 bits per heavy atom. The number of allylic oxidation sites excluding steroid dienone is 8. The molecule has 0 aromatic carbocycles. The second kappa shape index (κ2) is 16.7. The molecule has 0 saturated carbocycles. The molecule has 0 atom stereocenters. The second-order valence-electron chi connectivity index (χ2n) is 2.50. The Bertz CT molecular complexity index is 227. The first kappa shape index (κ1) is 20.7. The van der Waals surface area contributed by atoms with Crippen molar-refractivity contribution in [2.24, 2.45) is 0 Å². The largest absolute Gasteiger partial charge is 1.00 e. The van der Waals surface area contributed by atoms with Gasteiger partial charge in [-0.1, -0.05) is 0 Å². The molecule has 3 heteroatoms. The summed E-state index contributed by atoms with van der Waals surface area (Å²) < 4.78 is 3.34. The van der Waals surface area contributed by atoms with Crippen LogP contribution in [0.1, 0.15) is 19.8 Å². The molecule has 0 aromatic heterocycles. The first-order valence-corrected chi connectivity index (χ1v) is 5.94. The first-order chi connectivity index (χ1) is 6.39.